The summed E-state index contributed by atoms with van der Waals surface area (Å²) in [5, 5.41) is 14.1. The van der Waals surface area contributed by atoms with E-state index in [4.69, 9.17) is 5.11 Å². The Morgan fingerprint density at radius 3 is 3.05 bits per heavy atom. The highest BCUT2D eigenvalue weighted by Crippen LogP contribution is 2.12. The molecular formula is C13H18N4O2S. The molecule has 0 radical (unpaired) electrons. The smallest absolute Gasteiger partial charge is 0.275 e. The van der Waals surface area contributed by atoms with E-state index in [1.165, 1.54) is 21.9 Å². The maximum atomic E-state index is 12.0. The van der Waals surface area contributed by atoms with Crippen LogP contribution in [-0.2, 0) is 13.0 Å². The highest BCUT2D eigenvalue weighted by atomic mass is 32.1. The van der Waals surface area contributed by atoms with Gasteiger partial charge in [-0.2, -0.15) is 9.61 Å². The number of fused-ring (bicyclic) bond motifs is 1. The summed E-state index contributed by atoms with van der Waals surface area (Å²) >= 11 is 1.43. The molecule has 2 aromatic heterocycles. The zero-order chi connectivity index (χ0) is 14.5. The summed E-state index contributed by atoms with van der Waals surface area (Å²) in [6.45, 7) is 7.43. The molecule has 2 rings (SSSR count). The van der Waals surface area contributed by atoms with Crippen LogP contribution >= 0.6 is 11.3 Å². The van der Waals surface area contributed by atoms with Crippen LogP contribution in [0, 0.1) is 0 Å². The van der Waals surface area contributed by atoms with Gasteiger partial charge in [-0.15, -0.1) is 6.58 Å². The molecule has 7 heteroatoms. The predicted molar refractivity (Wildman–Crippen MR) is 79.1 cm³/mol. The Kier molecular flexibility index (Phi) is 4.99. The molecule has 2 aromatic rings. The van der Waals surface area contributed by atoms with Crippen molar-refractivity contribution >= 4 is 16.3 Å². The Labute approximate surface area is 121 Å². The van der Waals surface area contributed by atoms with E-state index in [9.17, 15) is 4.79 Å². The van der Waals surface area contributed by atoms with Gasteiger partial charge in [-0.25, -0.2) is 4.98 Å². The van der Waals surface area contributed by atoms with E-state index in [0.717, 1.165) is 11.4 Å². The summed E-state index contributed by atoms with van der Waals surface area (Å²) < 4.78 is 1.34. The quantitative estimate of drug-likeness (QED) is 0.761. The second-order valence-corrected chi connectivity index (χ2v) is 5.42. The van der Waals surface area contributed by atoms with Crippen molar-refractivity contribution < 1.29 is 5.11 Å². The van der Waals surface area contributed by atoms with Crippen LogP contribution in [0.2, 0.25) is 0 Å². The standard InChI is InChI=1S/C13H18N4O2S/c1-3-5-16(6-7-18)9-10-8-12(19)17-13(14-10)20-11(4-2)15-17/h3,8,18H,1,4-7,9H2,2H3. The SMILES string of the molecule is C=CCN(CCO)Cc1cc(=O)n2nc(CC)sc2n1. The molecule has 0 aliphatic carbocycles. The highest BCUT2D eigenvalue weighted by molar-refractivity contribution is 7.16. The zero-order valence-corrected chi connectivity index (χ0v) is 12.3. The minimum atomic E-state index is -0.163. The van der Waals surface area contributed by atoms with Crippen LogP contribution < -0.4 is 5.56 Å². The molecule has 1 N–H and O–H groups in total. The van der Waals surface area contributed by atoms with Gasteiger partial charge in [-0.05, 0) is 6.42 Å². The summed E-state index contributed by atoms with van der Waals surface area (Å²) in [7, 11) is 0. The molecule has 6 nitrogen and oxygen atoms in total. The minimum absolute atomic E-state index is 0.0651. The molecule has 0 unspecified atom stereocenters. The van der Waals surface area contributed by atoms with Crippen molar-refractivity contribution in [3.8, 4) is 0 Å². The first-order valence-corrected chi connectivity index (χ1v) is 7.32. The summed E-state index contributed by atoms with van der Waals surface area (Å²) in [5.74, 6) is 0. The Hall–Kier alpha value is -1.57. The van der Waals surface area contributed by atoms with Crippen molar-refractivity contribution in [3.05, 3.63) is 39.8 Å². The first-order chi connectivity index (χ1) is 9.67. The highest BCUT2D eigenvalue weighted by Gasteiger charge is 2.10. The lowest BCUT2D eigenvalue weighted by Crippen LogP contribution is -2.28. The fourth-order valence-corrected chi connectivity index (χ4v) is 2.77. The minimum Gasteiger partial charge on any atom is -0.395 e. The number of hydrogen-bond donors (Lipinski definition) is 1. The predicted octanol–water partition coefficient (Wildman–Crippen LogP) is 0.694. The summed E-state index contributed by atoms with van der Waals surface area (Å²) in [6.07, 6.45) is 2.55. The molecule has 0 aliphatic rings. The maximum absolute atomic E-state index is 12.0. The van der Waals surface area contributed by atoms with E-state index >= 15 is 0 Å². The van der Waals surface area contributed by atoms with Crippen molar-refractivity contribution in [2.75, 3.05) is 19.7 Å². The van der Waals surface area contributed by atoms with Gasteiger partial charge in [0.1, 0.15) is 5.01 Å². The molecule has 20 heavy (non-hydrogen) atoms. The van der Waals surface area contributed by atoms with Gasteiger partial charge in [0.15, 0.2) is 0 Å². The molecule has 0 saturated carbocycles. The average Bonchev–Trinajstić information content (AvgIpc) is 2.83. The maximum Gasteiger partial charge on any atom is 0.275 e. The number of rotatable bonds is 7. The van der Waals surface area contributed by atoms with Gasteiger partial charge >= 0.3 is 0 Å². The monoisotopic (exact) mass is 294 g/mol. The Bertz CT molecular complexity index is 649. The summed E-state index contributed by atoms with van der Waals surface area (Å²) in [6, 6.07) is 1.50. The van der Waals surface area contributed by atoms with Crippen LogP contribution in [0.3, 0.4) is 0 Å². The van der Waals surface area contributed by atoms with E-state index < -0.39 is 0 Å². The van der Waals surface area contributed by atoms with Crippen molar-refractivity contribution in [1.82, 2.24) is 19.5 Å². The average molecular weight is 294 g/mol. The number of aliphatic hydroxyl groups excluding tert-OH is 1. The first-order valence-electron chi connectivity index (χ1n) is 6.50. The molecule has 0 atom stereocenters. The molecule has 2 heterocycles. The molecule has 108 valence electrons. The second-order valence-electron chi connectivity index (χ2n) is 4.38. The Morgan fingerprint density at radius 2 is 2.40 bits per heavy atom. The third kappa shape index (κ3) is 3.30. The van der Waals surface area contributed by atoms with E-state index in [2.05, 4.69) is 16.7 Å². The van der Waals surface area contributed by atoms with Crippen LogP contribution in [0.5, 0.6) is 0 Å². The van der Waals surface area contributed by atoms with E-state index in [-0.39, 0.29) is 12.2 Å². The van der Waals surface area contributed by atoms with E-state index in [1.54, 1.807) is 6.08 Å². The number of nitrogens with zero attached hydrogens (tertiary/aromatic N) is 4. The zero-order valence-electron chi connectivity index (χ0n) is 11.4. The lowest BCUT2D eigenvalue weighted by atomic mass is 10.3. The normalized spacial score (nSPS) is 11.3. The van der Waals surface area contributed by atoms with E-state index in [0.29, 0.717) is 30.3 Å². The van der Waals surface area contributed by atoms with Gasteiger partial charge in [0.2, 0.25) is 4.96 Å². The molecule has 0 amide bonds. The number of aliphatic hydroxyl groups is 1. The molecule has 0 aliphatic heterocycles. The van der Waals surface area contributed by atoms with Crippen LogP contribution in [0.25, 0.3) is 4.96 Å². The fraction of sp³-hybridized carbons (Fsp3) is 0.462. The number of aryl methyl sites for hydroxylation is 1. The Morgan fingerprint density at radius 1 is 1.60 bits per heavy atom. The van der Waals surface area contributed by atoms with Crippen molar-refractivity contribution in [2.45, 2.75) is 19.9 Å². The molecule has 0 fully saturated rings. The van der Waals surface area contributed by atoms with Gasteiger partial charge in [0.25, 0.3) is 5.56 Å². The largest absolute Gasteiger partial charge is 0.395 e. The van der Waals surface area contributed by atoms with Gasteiger partial charge in [-0.3, -0.25) is 9.69 Å². The van der Waals surface area contributed by atoms with Crippen LogP contribution in [0.4, 0.5) is 0 Å². The molecule has 0 aromatic carbocycles. The molecule has 0 saturated heterocycles. The molecule has 0 spiro atoms. The Balaban J connectivity index is 2.30. The molecule has 0 bridgehead atoms. The third-order valence-corrected chi connectivity index (χ3v) is 3.88. The van der Waals surface area contributed by atoms with Gasteiger partial charge < -0.3 is 5.11 Å². The lowest BCUT2D eigenvalue weighted by Gasteiger charge is -2.18. The number of hydrogen-bond acceptors (Lipinski definition) is 6. The summed E-state index contributed by atoms with van der Waals surface area (Å²) in [4.78, 5) is 19.1. The van der Waals surface area contributed by atoms with Gasteiger partial charge in [-0.1, -0.05) is 24.3 Å². The first kappa shape index (κ1) is 14.8. The number of aromatic nitrogens is 3. The van der Waals surface area contributed by atoms with Gasteiger partial charge in [0, 0.05) is 25.7 Å². The summed E-state index contributed by atoms with van der Waals surface area (Å²) in [5.41, 5.74) is 0.528. The van der Waals surface area contributed by atoms with Crippen molar-refractivity contribution in [3.63, 3.8) is 0 Å². The van der Waals surface area contributed by atoms with Crippen LogP contribution in [0.15, 0.2) is 23.5 Å². The van der Waals surface area contributed by atoms with Gasteiger partial charge in [0.05, 0.1) is 12.3 Å². The molecular weight excluding hydrogens is 276 g/mol. The van der Waals surface area contributed by atoms with E-state index in [1.807, 2.05) is 11.8 Å². The lowest BCUT2D eigenvalue weighted by molar-refractivity contribution is 0.202. The van der Waals surface area contributed by atoms with Crippen molar-refractivity contribution in [1.29, 1.82) is 0 Å². The third-order valence-electron chi connectivity index (χ3n) is 2.83. The fourth-order valence-electron chi connectivity index (χ4n) is 1.91. The topological polar surface area (TPSA) is 70.7 Å². The second kappa shape index (κ2) is 6.74. The van der Waals surface area contributed by atoms with Crippen LogP contribution in [-0.4, -0.2) is 44.3 Å². The van der Waals surface area contributed by atoms with Crippen molar-refractivity contribution in [2.24, 2.45) is 0 Å². The van der Waals surface area contributed by atoms with Crippen LogP contribution in [0.1, 0.15) is 17.6 Å².